The molecule has 0 unspecified atom stereocenters. The minimum atomic E-state index is 0.121. The Balaban J connectivity index is 1.93. The molecule has 1 N–H and O–H groups in total. The summed E-state index contributed by atoms with van der Waals surface area (Å²) < 4.78 is 18.5. The summed E-state index contributed by atoms with van der Waals surface area (Å²) in [6, 6.07) is 11.6. The molecule has 0 radical (unpaired) electrons. The van der Waals surface area contributed by atoms with Gasteiger partial charge in [0.05, 0.1) is 23.7 Å². The van der Waals surface area contributed by atoms with Gasteiger partial charge in [0.15, 0.2) is 11.5 Å². The summed E-state index contributed by atoms with van der Waals surface area (Å²) in [7, 11) is 1.65. The molecule has 3 aromatic rings. The summed E-state index contributed by atoms with van der Waals surface area (Å²) >= 11 is 0. The van der Waals surface area contributed by atoms with Gasteiger partial charge in [-0.15, -0.1) is 0 Å². The van der Waals surface area contributed by atoms with E-state index in [0.29, 0.717) is 18.7 Å². The lowest BCUT2D eigenvalue weighted by Gasteiger charge is -2.11. The van der Waals surface area contributed by atoms with E-state index in [1.807, 2.05) is 36.4 Å². The second-order valence-electron chi connectivity index (χ2n) is 5.56. The van der Waals surface area contributed by atoms with Crippen molar-refractivity contribution < 1.29 is 19.3 Å². The molecule has 4 rings (SSSR count). The molecule has 0 atom stereocenters. The molecule has 124 valence electrons. The first-order valence-electron chi connectivity index (χ1n) is 7.86. The van der Waals surface area contributed by atoms with Gasteiger partial charge in [0, 0.05) is 25.3 Å². The zero-order valence-electron chi connectivity index (χ0n) is 13.4. The molecule has 6 nitrogen and oxygen atoms in total. The summed E-state index contributed by atoms with van der Waals surface area (Å²) in [6.07, 6.45) is 0.641. The maximum atomic E-state index is 9.25. The van der Waals surface area contributed by atoms with Crippen molar-refractivity contribution in [3.05, 3.63) is 36.4 Å². The first kappa shape index (κ1) is 14.8. The average molecular weight is 326 g/mol. The van der Waals surface area contributed by atoms with Crippen molar-refractivity contribution in [1.82, 2.24) is 9.55 Å². The Bertz CT molecular complexity index is 888. The van der Waals surface area contributed by atoms with Gasteiger partial charge in [0.2, 0.25) is 6.79 Å². The number of ether oxygens (including phenoxy) is 3. The van der Waals surface area contributed by atoms with Gasteiger partial charge in [0.1, 0.15) is 11.6 Å². The van der Waals surface area contributed by atoms with E-state index < -0.39 is 0 Å². The summed E-state index contributed by atoms with van der Waals surface area (Å²) in [4.78, 5) is 4.79. The van der Waals surface area contributed by atoms with Crippen molar-refractivity contribution in [3.8, 4) is 28.6 Å². The van der Waals surface area contributed by atoms with Crippen molar-refractivity contribution in [2.75, 3.05) is 20.5 Å². The Kier molecular flexibility index (Phi) is 3.74. The Morgan fingerprint density at radius 1 is 1.21 bits per heavy atom. The van der Waals surface area contributed by atoms with Gasteiger partial charge in [-0.05, 0) is 18.6 Å². The van der Waals surface area contributed by atoms with E-state index in [2.05, 4.69) is 4.57 Å². The second-order valence-corrected chi connectivity index (χ2v) is 5.56. The lowest BCUT2D eigenvalue weighted by atomic mass is 10.2. The molecule has 0 aliphatic carbocycles. The largest absolute Gasteiger partial charge is 0.496 e. The minimum absolute atomic E-state index is 0.121. The van der Waals surface area contributed by atoms with Gasteiger partial charge < -0.3 is 23.9 Å². The van der Waals surface area contributed by atoms with E-state index in [0.717, 1.165) is 33.9 Å². The topological polar surface area (TPSA) is 65.7 Å². The standard InChI is InChI=1S/C18H18N2O4/c1-22-15-6-3-2-5-12(15)18-19-13-9-16-17(24-11-23-16)10-14(13)20(18)7-4-8-21/h2-3,5-6,9-10,21H,4,7-8,11H2,1H3. The van der Waals surface area contributed by atoms with E-state index in [-0.39, 0.29) is 13.4 Å². The highest BCUT2D eigenvalue weighted by atomic mass is 16.7. The normalized spacial score (nSPS) is 12.8. The molecule has 2 heterocycles. The molecule has 24 heavy (non-hydrogen) atoms. The number of hydrogen-bond acceptors (Lipinski definition) is 5. The van der Waals surface area contributed by atoms with Crippen LogP contribution in [0.15, 0.2) is 36.4 Å². The van der Waals surface area contributed by atoms with Crippen LogP contribution in [0.2, 0.25) is 0 Å². The van der Waals surface area contributed by atoms with Gasteiger partial charge >= 0.3 is 0 Å². The molecule has 0 saturated carbocycles. The van der Waals surface area contributed by atoms with Crippen LogP contribution in [0.5, 0.6) is 17.2 Å². The second kappa shape index (κ2) is 6.05. The molecule has 0 amide bonds. The molecule has 2 aromatic carbocycles. The van der Waals surface area contributed by atoms with Crippen molar-refractivity contribution in [2.45, 2.75) is 13.0 Å². The third-order valence-electron chi connectivity index (χ3n) is 4.13. The van der Waals surface area contributed by atoms with E-state index in [9.17, 15) is 5.11 Å². The number of nitrogens with zero attached hydrogens (tertiary/aromatic N) is 2. The quantitative estimate of drug-likeness (QED) is 0.781. The first-order valence-corrected chi connectivity index (χ1v) is 7.86. The number of aliphatic hydroxyl groups excluding tert-OH is 1. The third kappa shape index (κ3) is 2.35. The number of fused-ring (bicyclic) bond motifs is 2. The molecular weight excluding hydrogens is 308 g/mol. The average Bonchev–Trinajstić information content (AvgIpc) is 3.21. The predicted octanol–water partition coefficient (Wildman–Crippen LogP) is 2.82. The fourth-order valence-corrected chi connectivity index (χ4v) is 3.00. The number of imidazole rings is 1. The molecule has 0 fully saturated rings. The molecule has 1 aliphatic heterocycles. The maximum absolute atomic E-state index is 9.25. The minimum Gasteiger partial charge on any atom is -0.496 e. The zero-order valence-corrected chi connectivity index (χ0v) is 13.4. The number of aliphatic hydroxyl groups is 1. The van der Waals surface area contributed by atoms with Crippen molar-refractivity contribution >= 4 is 11.0 Å². The molecule has 1 aliphatic rings. The third-order valence-corrected chi connectivity index (χ3v) is 4.13. The van der Waals surface area contributed by atoms with Gasteiger partial charge in [-0.3, -0.25) is 0 Å². The van der Waals surface area contributed by atoms with Crippen LogP contribution < -0.4 is 14.2 Å². The first-order chi connectivity index (χ1) is 11.8. The Labute approximate surface area is 139 Å². The molecule has 0 spiro atoms. The van der Waals surface area contributed by atoms with Crippen LogP contribution in [0.25, 0.3) is 22.4 Å². The van der Waals surface area contributed by atoms with Crippen LogP contribution in [0, 0.1) is 0 Å². The highest BCUT2D eigenvalue weighted by Crippen LogP contribution is 2.39. The fraction of sp³-hybridized carbons (Fsp3) is 0.278. The lowest BCUT2D eigenvalue weighted by molar-refractivity contribution is 0.174. The summed E-state index contributed by atoms with van der Waals surface area (Å²) in [5.41, 5.74) is 2.70. The number of rotatable bonds is 5. The van der Waals surface area contributed by atoms with Crippen molar-refractivity contribution in [1.29, 1.82) is 0 Å². The Hall–Kier alpha value is -2.73. The molecule has 0 bridgehead atoms. The van der Waals surface area contributed by atoms with E-state index in [1.165, 1.54) is 0 Å². The predicted molar refractivity (Wildman–Crippen MR) is 89.5 cm³/mol. The summed E-state index contributed by atoms with van der Waals surface area (Å²) in [5, 5.41) is 9.25. The number of methoxy groups -OCH3 is 1. The zero-order chi connectivity index (χ0) is 16.5. The van der Waals surface area contributed by atoms with E-state index >= 15 is 0 Å². The maximum Gasteiger partial charge on any atom is 0.231 e. The van der Waals surface area contributed by atoms with E-state index in [4.69, 9.17) is 19.2 Å². The van der Waals surface area contributed by atoms with Gasteiger partial charge in [-0.1, -0.05) is 12.1 Å². The van der Waals surface area contributed by atoms with Crippen LogP contribution in [0.4, 0.5) is 0 Å². The van der Waals surface area contributed by atoms with Crippen LogP contribution in [0.1, 0.15) is 6.42 Å². The summed E-state index contributed by atoms with van der Waals surface area (Å²) in [6.45, 7) is 1.01. The van der Waals surface area contributed by atoms with Gasteiger partial charge in [0.25, 0.3) is 0 Å². The lowest BCUT2D eigenvalue weighted by Crippen LogP contribution is -2.03. The number of aryl methyl sites for hydroxylation is 1. The Morgan fingerprint density at radius 2 is 2.00 bits per heavy atom. The van der Waals surface area contributed by atoms with Crippen LogP contribution in [-0.2, 0) is 6.54 Å². The SMILES string of the molecule is COc1ccccc1-c1nc2cc3c(cc2n1CCCO)OCO3. The van der Waals surface area contributed by atoms with Crippen LogP contribution >= 0.6 is 0 Å². The highest BCUT2D eigenvalue weighted by molar-refractivity contribution is 5.85. The van der Waals surface area contributed by atoms with Crippen molar-refractivity contribution in [3.63, 3.8) is 0 Å². The number of hydrogen-bond donors (Lipinski definition) is 1. The smallest absolute Gasteiger partial charge is 0.231 e. The molecular formula is C18H18N2O4. The van der Waals surface area contributed by atoms with Crippen molar-refractivity contribution in [2.24, 2.45) is 0 Å². The fourth-order valence-electron chi connectivity index (χ4n) is 3.00. The number of benzene rings is 2. The monoisotopic (exact) mass is 326 g/mol. The number of para-hydroxylation sites is 1. The molecule has 1 aromatic heterocycles. The number of aromatic nitrogens is 2. The molecule has 6 heteroatoms. The van der Waals surface area contributed by atoms with E-state index in [1.54, 1.807) is 7.11 Å². The summed E-state index contributed by atoms with van der Waals surface area (Å²) in [5.74, 6) is 3.00. The molecule has 0 saturated heterocycles. The van der Waals surface area contributed by atoms with Gasteiger partial charge in [-0.2, -0.15) is 0 Å². The highest BCUT2D eigenvalue weighted by Gasteiger charge is 2.21. The van der Waals surface area contributed by atoms with Crippen LogP contribution in [-0.4, -0.2) is 35.2 Å². The Morgan fingerprint density at radius 3 is 2.79 bits per heavy atom. The van der Waals surface area contributed by atoms with Crippen LogP contribution in [0.3, 0.4) is 0 Å². The van der Waals surface area contributed by atoms with Gasteiger partial charge in [-0.25, -0.2) is 4.98 Å².